The van der Waals surface area contributed by atoms with Crippen LogP contribution in [0.3, 0.4) is 0 Å². The monoisotopic (exact) mass is 488 g/mol. The molecule has 0 aromatic carbocycles. The van der Waals surface area contributed by atoms with Crippen molar-refractivity contribution < 1.29 is 24.8 Å². The van der Waals surface area contributed by atoms with Crippen molar-refractivity contribution in [3.8, 4) is 0 Å². The molecule has 7 fully saturated rings. The second kappa shape index (κ2) is 6.33. The lowest BCUT2D eigenvalue weighted by Gasteiger charge is -2.63. The minimum Gasteiger partial charge on any atom is -0.393 e. The van der Waals surface area contributed by atoms with E-state index in [2.05, 4.69) is 34.6 Å². The second-order valence-electron chi connectivity index (χ2n) is 15.9. The molecule has 3 spiro atoms. The molecule has 5 aliphatic carbocycles. The SMILES string of the molecule is C[C@@H]1CC2OC3(O[C@@H]2C(C)(C)O)[C@H]1[C@@]1(C)CC[C@@]24C[C@@]25CCC(O)C(C)(C)[C@@H]5CCC4[C@]1(C)[C@H]3O. The Kier molecular flexibility index (Phi) is 4.32. The zero-order chi connectivity index (χ0) is 25.2. The van der Waals surface area contributed by atoms with E-state index in [1.807, 2.05) is 13.8 Å². The van der Waals surface area contributed by atoms with E-state index in [0.29, 0.717) is 23.2 Å². The highest BCUT2D eigenvalue weighted by atomic mass is 16.8. The van der Waals surface area contributed by atoms with Gasteiger partial charge in [0.15, 0.2) is 5.79 Å². The Morgan fingerprint density at radius 1 is 0.857 bits per heavy atom. The van der Waals surface area contributed by atoms with Crippen molar-refractivity contribution in [2.24, 2.45) is 50.7 Å². The molecular formula is C30H48O5. The fraction of sp³-hybridized carbons (Fsp3) is 1.00. The third kappa shape index (κ3) is 2.30. The lowest BCUT2D eigenvalue weighted by molar-refractivity contribution is -0.282. The summed E-state index contributed by atoms with van der Waals surface area (Å²) in [6.45, 7) is 15.4. The van der Waals surface area contributed by atoms with Gasteiger partial charge < -0.3 is 24.8 Å². The van der Waals surface area contributed by atoms with E-state index >= 15 is 0 Å². The van der Waals surface area contributed by atoms with Gasteiger partial charge in [0, 0.05) is 11.3 Å². The van der Waals surface area contributed by atoms with Crippen LogP contribution in [-0.4, -0.2) is 51.1 Å². The highest BCUT2D eigenvalue weighted by molar-refractivity contribution is 5.34. The zero-order valence-electron chi connectivity index (χ0n) is 22.9. The molecular weight excluding hydrogens is 440 g/mol. The number of ether oxygens (including phenoxy) is 2. The van der Waals surface area contributed by atoms with Crippen LogP contribution in [0.1, 0.15) is 99.8 Å². The molecule has 5 nitrogen and oxygen atoms in total. The summed E-state index contributed by atoms with van der Waals surface area (Å²) in [4.78, 5) is 0. The van der Waals surface area contributed by atoms with Gasteiger partial charge in [0.1, 0.15) is 12.2 Å². The molecule has 0 aromatic heterocycles. The number of rotatable bonds is 1. The molecule has 35 heavy (non-hydrogen) atoms. The Bertz CT molecular complexity index is 957. The summed E-state index contributed by atoms with van der Waals surface area (Å²) in [5, 5.41) is 34.4. The maximum atomic E-state index is 12.5. The summed E-state index contributed by atoms with van der Waals surface area (Å²) in [6.07, 6.45) is 7.36. The molecule has 5 heteroatoms. The predicted molar refractivity (Wildman–Crippen MR) is 132 cm³/mol. The average Bonchev–Trinajstić information content (AvgIpc) is 3.28. The van der Waals surface area contributed by atoms with Gasteiger partial charge in [0.2, 0.25) is 0 Å². The molecule has 2 heterocycles. The molecule has 4 unspecified atom stereocenters. The summed E-state index contributed by atoms with van der Waals surface area (Å²) in [6, 6.07) is 0. The van der Waals surface area contributed by atoms with Gasteiger partial charge in [-0.2, -0.15) is 0 Å². The van der Waals surface area contributed by atoms with Gasteiger partial charge in [0.25, 0.3) is 0 Å². The Balaban J connectivity index is 1.33. The first kappa shape index (κ1) is 23.9. The fourth-order valence-corrected chi connectivity index (χ4v) is 12.7. The molecule has 198 valence electrons. The quantitative estimate of drug-likeness (QED) is 0.500. The first-order valence-corrected chi connectivity index (χ1v) is 14.6. The lowest BCUT2D eigenvalue weighted by atomic mass is 9.41. The third-order valence-corrected chi connectivity index (χ3v) is 14.2. The summed E-state index contributed by atoms with van der Waals surface area (Å²) < 4.78 is 13.6. The lowest BCUT2D eigenvalue weighted by Crippen LogP contribution is -2.60. The van der Waals surface area contributed by atoms with Crippen molar-refractivity contribution in [3.05, 3.63) is 0 Å². The predicted octanol–water partition coefficient (Wildman–Crippen LogP) is 4.66. The van der Waals surface area contributed by atoms with Gasteiger partial charge >= 0.3 is 0 Å². The van der Waals surface area contributed by atoms with Crippen LogP contribution in [0, 0.1) is 50.7 Å². The largest absolute Gasteiger partial charge is 0.393 e. The fourth-order valence-electron chi connectivity index (χ4n) is 12.7. The van der Waals surface area contributed by atoms with Gasteiger partial charge in [-0.1, -0.05) is 34.6 Å². The number of hydrogen-bond acceptors (Lipinski definition) is 5. The maximum Gasteiger partial charge on any atom is 0.199 e. The second-order valence-corrected chi connectivity index (χ2v) is 15.9. The zero-order valence-corrected chi connectivity index (χ0v) is 22.9. The minimum atomic E-state index is -1.01. The summed E-state index contributed by atoms with van der Waals surface area (Å²) >= 11 is 0. The van der Waals surface area contributed by atoms with Gasteiger partial charge in [-0.25, -0.2) is 0 Å². The summed E-state index contributed by atoms with van der Waals surface area (Å²) in [5.41, 5.74) is -0.788. The van der Waals surface area contributed by atoms with Crippen LogP contribution in [0.2, 0.25) is 0 Å². The normalized spacial score (nSPS) is 63.9. The van der Waals surface area contributed by atoms with Gasteiger partial charge in [0.05, 0.1) is 17.8 Å². The van der Waals surface area contributed by atoms with Crippen LogP contribution in [0.4, 0.5) is 0 Å². The van der Waals surface area contributed by atoms with E-state index in [4.69, 9.17) is 9.47 Å². The number of fused-ring (bicyclic) bond motifs is 4. The van der Waals surface area contributed by atoms with Crippen LogP contribution in [0.25, 0.3) is 0 Å². The van der Waals surface area contributed by atoms with Crippen LogP contribution < -0.4 is 0 Å². The van der Waals surface area contributed by atoms with Crippen molar-refractivity contribution in [1.82, 2.24) is 0 Å². The molecule has 3 N–H and O–H groups in total. The first-order valence-electron chi connectivity index (χ1n) is 14.6. The van der Waals surface area contributed by atoms with Gasteiger partial charge in [-0.15, -0.1) is 0 Å². The molecule has 13 atom stereocenters. The maximum absolute atomic E-state index is 12.5. The van der Waals surface area contributed by atoms with E-state index in [1.54, 1.807) is 0 Å². The Morgan fingerprint density at radius 2 is 1.51 bits per heavy atom. The van der Waals surface area contributed by atoms with Gasteiger partial charge in [-0.3, -0.25) is 0 Å². The smallest absolute Gasteiger partial charge is 0.199 e. The highest BCUT2D eigenvalue weighted by Gasteiger charge is 2.88. The molecule has 0 aromatic rings. The standard InChI is InChI=1S/C30H48O5/c1-16-14-17-22(25(4,5)33)35-30(34-17)21(16)26(6)12-13-29-15-28(29)11-10-20(31)24(2,3)18(28)8-9-19(29)27(26,7)23(30)32/h16-23,31-33H,8-15H2,1-7H3/t16-,17?,18+,19?,20?,21-,22+,23-,26-,27-,28-,29+,30?/m1/s1. The summed E-state index contributed by atoms with van der Waals surface area (Å²) in [7, 11) is 0. The minimum absolute atomic E-state index is 0.0331. The number of hydrogen-bond donors (Lipinski definition) is 3. The number of aliphatic hydroxyl groups excluding tert-OH is 2. The average molecular weight is 489 g/mol. The molecule has 0 amide bonds. The van der Waals surface area contributed by atoms with Crippen LogP contribution in [-0.2, 0) is 9.47 Å². The molecule has 7 rings (SSSR count). The van der Waals surface area contributed by atoms with Crippen molar-refractivity contribution in [1.29, 1.82) is 0 Å². The molecule has 0 radical (unpaired) electrons. The van der Waals surface area contributed by atoms with Crippen molar-refractivity contribution in [2.45, 2.75) is 136 Å². The van der Waals surface area contributed by atoms with E-state index < -0.39 is 23.6 Å². The van der Waals surface area contributed by atoms with Gasteiger partial charge in [-0.05, 0) is 105 Å². The van der Waals surface area contributed by atoms with E-state index in [9.17, 15) is 15.3 Å². The van der Waals surface area contributed by atoms with Crippen LogP contribution in [0.5, 0.6) is 0 Å². The van der Waals surface area contributed by atoms with E-state index in [-0.39, 0.29) is 39.8 Å². The van der Waals surface area contributed by atoms with Crippen molar-refractivity contribution >= 4 is 0 Å². The topological polar surface area (TPSA) is 79.2 Å². The van der Waals surface area contributed by atoms with Crippen molar-refractivity contribution in [3.63, 3.8) is 0 Å². The Morgan fingerprint density at radius 3 is 2.20 bits per heavy atom. The first-order chi connectivity index (χ1) is 16.1. The molecule has 7 aliphatic rings. The third-order valence-electron chi connectivity index (χ3n) is 14.2. The summed E-state index contributed by atoms with van der Waals surface area (Å²) in [5.74, 6) is 0.523. The Hall–Kier alpha value is -0.200. The highest BCUT2D eigenvalue weighted by Crippen LogP contribution is 2.90. The van der Waals surface area contributed by atoms with E-state index in [1.165, 1.54) is 12.8 Å². The molecule has 5 saturated carbocycles. The number of aliphatic hydroxyl groups is 3. The Labute approximate surface area is 211 Å². The molecule has 2 bridgehead atoms. The van der Waals surface area contributed by atoms with E-state index in [0.717, 1.165) is 38.5 Å². The van der Waals surface area contributed by atoms with Crippen LogP contribution >= 0.6 is 0 Å². The molecule has 2 aliphatic heterocycles. The molecule has 2 saturated heterocycles. The van der Waals surface area contributed by atoms with Crippen molar-refractivity contribution in [2.75, 3.05) is 0 Å². The van der Waals surface area contributed by atoms with Crippen LogP contribution in [0.15, 0.2) is 0 Å².